The maximum Gasteiger partial charge on any atom is 0.0896 e. The Labute approximate surface area is 126 Å². The second-order valence-electron chi connectivity index (χ2n) is 5.98. The highest BCUT2D eigenvalue weighted by Gasteiger charge is 2.36. The first-order valence-electron chi connectivity index (χ1n) is 7.60. The first kappa shape index (κ1) is 14.3. The Morgan fingerprint density at radius 1 is 1.05 bits per heavy atom. The van der Waals surface area contributed by atoms with Crippen molar-refractivity contribution < 1.29 is 9.47 Å². The summed E-state index contributed by atoms with van der Waals surface area (Å²) < 4.78 is 12.1. The Hall–Kier alpha value is -1.64. The summed E-state index contributed by atoms with van der Waals surface area (Å²) in [5, 5.41) is 0. The molecular weight excluding hydrogens is 260 g/mol. The van der Waals surface area contributed by atoms with E-state index in [1.807, 2.05) is 24.3 Å². The summed E-state index contributed by atoms with van der Waals surface area (Å²) in [5.41, 5.74) is 2.30. The van der Waals surface area contributed by atoms with Crippen LogP contribution < -0.4 is 0 Å². The fourth-order valence-corrected chi connectivity index (χ4v) is 2.87. The molecule has 0 spiro atoms. The Morgan fingerprint density at radius 2 is 1.71 bits per heavy atom. The molecule has 0 aromatic heterocycles. The summed E-state index contributed by atoms with van der Waals surface area (Å²) in [4.78, 5) is 0. The number of ether oxygens (including phenoxy) is 2. The van der Waals surface area contributed by atoms with Crippen LogP contribution in [0, 0.1) is 0 Å². The van der Waals surface area contributed by atoms with Crippen LogP contribution in [0.4, 0.5) is 0 Å². The molecule has 2 atom stereocenters. The van der Waals surface area contributed by atoms with Crippen LogP contribution in [0.25, 0.3) is 0 Å². The van der Waals surface area contributed by atoms with E-state index in [0.717, 1.165) is 12.8 Å². The van der Waals surface area contributed by atoms with E-state index in [2.05, 4.69) is 43.3 Å². The molecule has 1 saturated heterocycles. The summed E-state index contributed by atoms with van der Waals surface area (Å²) in [7, 11) is 0. The van der Waals surface area contributed by atoms with E-state index in [1.54, 1.807) is 0 Å². The summed E-state index contributed by atoms with van der Waals surface area (Å²) >= 11 is 0. The van der Waals surface area contributed by atoms with E-state index in [-0.39, 0.29) is 11.7 Å². The number of rotatable bonds is 5. The molecule has 1 aliphatic heterocycles. The molecule has 2 aromatic carbocycles. The van der Waals surface area contributed by atoms with Gasteiger partial charge >= 0.3 is 0 Å². The summed E-state index contributed by atoms with van der Waals surface area (Å²) in [6.07, 6.45) is 2.31. The average molecular weight is 282 g/mol. The highest BCUT2D eigenvalue weighted by molar-refractivity contribution is 5.19. The van der Waals surface area contributed by atoms with Gasteiger partial charge in [-0.3, -0.25) is 0 Å². The monoisotopic (exact) mass is 282 g/mol. The molecule has 1 aliphatic rings. The third-order valence-corrected chi connectivity index (χ3v) is 4.05. The van der Waals surface area contributed by atoms with Gasteiger partial charge in [0, 0.05) is 0 Å². The molecule has 0 radical (unpaired) electrons. The average Bonchev–Trinajstić information content (AvgIpc) is 2.92. The van der Waals surface area contributed by atoms with Gasteiger partial charge in [0.15, 0.2) is 0 Å². The second-order valence-corrected chi connectivity index (χ2v) is 5.98. The molecule has 1 fully saturated rings. The van der Waals surface area contributed by atoms with Gasteiger partial charge in [0.1, 0.15) is 0 Å². The van der Waals surface area contributed by atoms with Crippen LogP contribution in [-0.2, 0) is 16.1 Å². The van der Waals surface area contributed by atoms with Crippen molar-refractivity contribution in [1.82, 2.24) is 0 Å². The molecule has 0 N–H and O–H groups in total. The van der Waals surface area contributed by atoms with Crippen LogP contribution in [0.1, 0.15) is 37.0 Å². The molecule has 0 bridgehead atoms. The molecule has 0 amide bonds. The predicted molar refractivity (Wildman–Crippen MR) is 84.0 cm³/mol. The fourth-order valence-electron chi connectivity index (χ4n) is 2.87. The van der Waals surface area contributed by atoms with Crippen molar-refractivity contribution in [3.63, 3.8) is 0 Å². The van der Waals surface area contributed by atoms with Crippen LogP contribution in [0.15, 0.2) is 60.7 Å². The van der Waals surface area contributed by atoms with E-state index < -0.39 is 0 Å². The Morgan fingerprint density at radius 3 is 2.43 bits per heavy atom. The van der Waals surface area contributed by atoms with Crippen molar-refractivity contribution in [2.75, 3.05) is 6.61 Å². The normalized spacial score (nSPS) is 25.1. The van der Waals surface area contributed by atoms with Gasteiger partial charge in [0.2, 0.25) is 0 Å². The molecule has 0 aliphatic carbocycles. The fraction of sp³-hybridized carbons (Fsp3) is 0.368. The lowest BCUT2D eigenvalue weighted by Crippen LogP contribution is -2.30. The van der Waals surface area contributed by atoms with E-state index in [1.165, 1.54) is 11.1 Å². The Bertz CT molecular complexity index is 552. The van der Waals surface area contributed by atoms with Crippen LogP contribution in [0.5, 0.6) is 0 Å². The minimum absolute atomic E-state index is 0.171. The summed E-state index contributed by atoms with van der Waals surface area (Å²) in [5.74, 6) is 0. The molecule has 2 nitrogen and oxygen atoms in total. The van der Waals surface area contributed by atoms with E-state index in [9.17, 15) is 0 Å². The van der Waals surface area contributed by atoms with E-state index >= 15 is 0 Å². The van der Waals surface area contributed by atoms with Crippen molar-refractivity contribution in [2.45, 2.75) is 38.1 Å². The zero-order valence-electron chi connectivity index (χ0n) is 12.5. The summed E-state index contributed by atoms with van der Waals surface area (Å²) in [6.45, 7) is 3.45. The maximum atomic E-state index is 6.25. The molecule has 21 heavy (non-hydrogen) atoms. The lowest BCUT2D eigenvalue weighted by molar-refractivity contribution is -0.0849. The van der Waals surface area contributed by atoms with E-state index in [0.29, 0.717) is 13.2 Å². The van der Waals surface area contributed by atoms with Crippen molar-refractivity contribution in [2.24, 2.45) is 0 Å². The van der Waals surface area contributed by atoms with Gasteiger partial charge in [0.05, 0.1) is 24.9 Å². The van der Waals surface area contributed by atoms with Crippen LogP contribution >= 0.6 is 0 Å². The molecule has 3 rings (SSSR count). The number of benzene rings is 2. The molecular formula is C19H22O2. The minimum atomic E-state index is -0.171. The largest absolute Gasteiger partial charge is 0.374 e. The molecule has 2 aromatic rings. The Balaban J connectivity index is 1.52. The maximum absolute atomic E-state index is 6.25. The molecule has 1 heterocycles. The molecule has 2 unspecified atom stereocenters. The first-order valence-corrected chi connectivity index (χ1v) is 7.60. The van der Waals surface area contributed by atoms with Crippen LogP contribution in [0.3, 0.4) is 0 Å². The quantitative estimate of drug-likeness (QED) is 0.803. The smallest absolute Gasteiger partial charge is 0.0896 e. The van der Waals surface area contributed by atoms with Gasteiger partial charge in [-0.05, 0) is 30.9 Å². The molecule has 110 valence electrons. The highest BCUT2D eigenvalue weighted by atomic mass is 16.6. The van der Waals surface area contributed by atoms with Crippen LogP contribution in [0.2, 0.25) is 0 Å². The SMILES string of the molecule is CC1(COCc2ccccc2)CCC(c2ccccc2)O1. The summed E-state index contributed by atoms with van der Waals surface area (Å²) in [6, 6.07) is 20.7. The third kappa shape index (κ3) is 3.72. The number of hydrogen-bond donors (Lipinski definition) is 0. The molecule has 0 saturated carbocycles. The lowest BCUT2D eigenvalue weighted by Gasteiger charge is -2.25. The van der Waals surface area contributed by atoms with Gasteiger partial charge in [0.25, 0.3) is 0 Å². The van der Waals surface area contributed by atoms with Crippen LogP contribution in [-0.4, -0.2) is 12.2 Å². The van der Waals surface area contributed by atoms with Gasteiger partial charge in [-0.1, -0.05) is 60.7 Å². The van der Waals surface area contributed by atoms with Gasteiger partial charge in [-0.2, -0.15) is 0 Å². The van der Waals surface area contributed by atoms with Gasteiger partial charge in [-0.25, -0.2) is 0 Å². The van der Waals surface area contributed by atoms with Crippen molar-refractivity contribution in [1.29, 1.82) is 0 Å². The second kappa shape index (κ2) is 6.42. The molecule has 2 heteroatoms. The zero-order chi connectivity index (χ0) is 14.5. The highest BCUT2D eigenvalue weighted by Crippen LogP contribution is 2.39. The van der Waals surface area contributed by atoms with Crippen molar-refractivity contribution in [3.8, 4) is 0 Å². The predicted octanol–water partition coefficient (Wildman–Crippen LogP) is 4.51. The topological polar surface area (TPSA) is 18.5 Å². The first-order chi connectivity index (χ1) is 10.3. The standard InChI is InChI=1S/C19H22O2/c1-19(15-20-14-16-8-4-2-5-9-16)13-12-18(21-19)17-10-6-3-7-11-17/h2-11,18H,12-15H2,1H3. The number of hydrogen-bond acceptors (Lipinski definition) is 2. The Kier molecular flexibility index (Phi) is 4.37. The zero-order valence-corrected chi connectivity index (χ0v) is 12.5. The van der Waals surface area contributed by atoms with Gasteiger partial charge < -0.3 is 9.47 Å². The van der Waals surface area contributed by atoms with Crippen molar-refractivity contribution in [3.05, 3.63) is 71.8 Å². The van der Waals surface area contributed by atoms with E-state index in [4.69, 9.17) is 9.47 Å². The van der Waals surface area contributed by atoms with Crippen molar-refractivity contribution >= 4 is 0 Å². The lowest BCUT2D eigenvalue weighted by atomic mass is 10.0. The third-order valence-electron chi connectivity index (χ3n) is 4.05. The minimum Gasteiger partial charge on any atom is -0.374 e. The van der Waals surface area contributed by atoms with Gasteiger partial charge in [-0.15, -0.1) is 0 Å².